The summed E-state index contributed by atoms with van der Waals surface area (Å²) in [6.07, 6.45) is 6.98. The van der Waals surface area contributed by atoms with Crippen LogP contribution in [0.1, 0.15) is 19.3 Å². The first-order valence-corrected chi connectivity index (χ1v) is 5.27. The minimum atomic E-state index is -0.0738. The fourth-order valence-corrected chi connectivity index (χ4v) is 2.40. The Kier molecular flexibility index (Phi) is 2.87. The van der Waals surface area contributed by atoms with Crippen LogP contribution in [0.3, 0.4) is 0 Å². The molecule has 0 spiro atoms. The highest BCUT2D eigenvalue weighted by Gasteiger charge is 2.40. The van der Waals surface area contributed by atoms with Crippen molar-refractivity contribution in [3.8, 4) is 0 Å². The molecule has 1 fully saturated rings. The maximum Gasteiger partial charge on any atom is 0.309 e. The lowest BCUT2D eigenvalue weighted by Crippen LogP contribution is -2.22. The van der Waals surface area contributed by atoms with Crippen LogP contribution in [0.25, 0.3) is 0 Å². The van der Waals surface area contributed by atoms with E-state index in [-0.39, 0.29) is 18.5 Å². The second kappa shape index (κ2) is 4.13. The lowest BCUT2D eigenvalue weighted by molar-refractivity contribution is -0.149. The molecule has 0 heterocycles. The summed E-state index contributed by atoms with van der Waals surface area (Å²) in [4.78, 5) is 11.6. The Morgan fingerprint density at radius 2 is 2.29 bits per heavy atom. The molecule has 3 nitrogen and oxygen atoms in total. The summed E-state index contributed by atoms with van der Waals surface area (Å²) < 4.78 is 5.09. The van der Waals surface area contributed by atoms with Crippen molar-refractivity contribution in [3.63, 3.8) is 0 Å². The highest BCUT2D eigenvalue weighted by Crippen LogP contribution is 2.43. The molecular formula is C11H16O3. The fourth-order valence-electron chi connectivity index (χ4n) is 2.40. The predicted octanol–water partition coefficient (Wildman–Crippen LogP) is 1.12. The zero-order valence-corrected chi connectivity index (χ0v) is 8.19. The molecule has 2 aliphatic rings. The van der Waals surface area contributed by atoms with Crippen molar-refractivity contribution in [3.05, 3.63) is 12.2 Å². The number of rotatable bonds is 4. The average Bonchev–Trinajstić information content (AvgIpc) is 2.79. The molecule has 1 saturated carbocycles. The SMILES string of the molecule is O=C(OCCCO)C1C[C@@H]2C=C[C@H]1C2. The van der Waals surface area contributed by atoms with E-state index in [1.807, 2.05) is 0 Å². The highest BCUT2D eigenvalue weighted by molar-refractivity contribution is 5.74. The quantitative estimate of drug-likeness (QED) is 0.416. The third kappa shape index (κ3) is 1.82. The summed E-state index contributed by atoms with van der Waals surface area (Å²) in [6, 6.07) is 0. The molecule has 0 radical (unpaired) electrons. The van der Waals surface area contributed by atoms with Crippen molar-refractivity contribution >= 4 is 5.97 Å². The maximum absolute atomic E-state index is 11.6. The van der Waals surface area contributed by atoms with Gasteiger partial charge >= 0.3 is 5.97 Å². The van der Waals surface area contributed by atoms with E-state index in [9.17, 15) is 4.79 Å². The summed E-state index contributed by atoms with van der Waals surface area (Å²) in [5.74, 6) is 1.04. The van der Waals surface area contributed by atoms with Gasteiger partial charge in [0.1, 0.15) is 0 Å². The molecule has 0 saturated heterocycles. The van der Waals surface area contributed by atoms with Crippen LogP contribution in [-0.2, 0) is 9.53 Å². The standard InChI is InChI=1S/C11H16O3/c12-4-1-5-14-11(13)10-7-8-2-3-9(10)6-8/h2-3,8-10,12H,1,4-7H2/t8-,9+,10?/m1/s1. The Bertz CT molecular complexity index is 247. The number of aliphatic hydroxyl groups excluding tert-OH is 1. The molecule has 3 atom stereocenters. The van der Waals surface area contributed by atoms with Crippen LogP contribution in [0, 0.1) is 17.8 Å². The van der Waals surface area contributed by atoms with Crippen molar-refractivity contribution in [2.24, 2.45) is 17.8 Å². The molecule has 14 heavy (non-hydrogen) atoms. The Hall–Kier alpha value is -0.830. The van der Waals surface area contributed by atoms with Crippen LogP contribution in [0.2, 0.25) is 0 Å². The van der Waals surface area contributed by atoms with Crippen molar-refractivity contribution < 1.29 is 14.6 Å². The lowest BCUT2D eigenvalue weighted by atomic mass is 9.94. The maximum atomic E-state index is 11.6. The van der Waals surface area contributed by atoms with Gasteiger partial charge in [0.15, 0.2) is 0 Å². The zero-order chi connectivity index (χ0) is 9.97. The van der Waals surface area contributed by atoms with E-state index < -0.39 is 0 Å². The van der Waals surface area contributed by atoms with Gasteiger partial charge in [-0.3, -0.25) is 4.79 Å². The van der Waals surface area contributed by atoms with Crippen LogP contribution < -0.4 is 0 Å². The summed E-state index contributed by atoms with van der Waals surface area (Å²) in [5, 5.41) is 8.55. The minimum Gasteiger partial charge on any atom is -0.465 e. The summed E-state index contributed by atoms with van der Waals surface area (Å²) in [7, 11) is 0. The van der Waals surface area contributed by atoms with Crippen molar-refractivity contribution in [2.45, 2.75) is 19.3 Å². The van der Waals surface area contributed by atoms with Gasteiger partial charge in [-0.2, -0.15) is 0 Å². The number of esters is 1. The zero-order valence-electron chi connectivity index (χ0n) is 8.19. The summed E-state index contributed by atoms with van der Waals surface area (Å²) in [6.45, 7) is 0.441. The first-order chi connectivity index (χ1) is 6.81. The van der Waals surface area contributed by atoms with Crippen LogP contribution in [-0.4, -0.2) is 24.3 Å². The predicted molar refractivity (Wildman–Crippen MR) is 51.5 cm³/mol. The van der Waals surface area contributed by atoms with E-state index in [2.05, 4.69) is 12.2 Å². The van der Waals surface area contributed by atoms with E-state index in [0.717, 1.165) is 12.8 Å². The summed E-state index contributed by atoms with van der Waals surface area (Å²) >= 11 is 0. The number of allylic oxidation sites excluding steroid dienone is 2. The molecule has 2 bridgehead atoms. The molecule has 78 valence electrons. The number of carbonyl (C=O) groups excluding carboxylic acids is 1. The van der Waals surface area contributed by atoms with Gasteiger partial charge in [-0.1, -0.05) is 12.2 Å². The van der Waals surface area contributed by atoms with Crippen LogP contribution >= 0.6 is 0 Å². The van der Waals surface area contributed by atoms with Crippen LogP contribution in [0.15, 0.2) is 12.2 Å². The Morgan fingerprint density at radius 3 is 2.86 bits per heavy atom. The smallest absolute Gasteiger partial charge is 0.309 e. The van der Waals surface area contributed by atoms with E-state index in [0.29, 0.717) is 24.9 Å². The number of hydrogen-bond acceptors (Lipinski definition) is 3. The normalized spacial score (nSPS) is 33.6. The third-order valence-electron chi connectivity index (χ3n) is 3.13. The molecule has 2 rings (SSSR count). The molecule has 0 aliphatic heterocycles. The lowest BCUT2D eigenvalue weighted by Gasteiger charge is -2.16. The molecular weight excluding hydrogens is 180 g/mol. The molecule has 0 aromatic heterocycles. The molecule has 1 N–H and O–H groups in total. The Labute approximate surface area is 83.8 Å². The molecule has 1 unspecified atom stereocenters. The van der Waals surface area contributed by atoms with Gasteiger partial charge in [-0.15, -0.1) is 0 Å². The molecule has 0 aromatic rings. The molecule has 3 heteroatoms. The van der Waals surface area contributed by atoms with E-state index >= 15 is 0 Å². The van der Waals surface area contributed by atoms with E-state index in [4.69, 9.17) is 9.84 Å². The molecule has 2 aliphatic carbocycles. The Morgan fingerprint density at radius 1 is 1.43 bits per heavy atom. The van der Waals surface area contributed by atoms with Gasteiger partial charge in [0.2, 0.25) is 0 Å². The topological polar surface area (TPSA) is 46.5 Å². The molecule has 0 aromatic carbocycles. The van der Waals surface area contributed by atoms with E-state index in [1.165, 1.54) is 0 Å². The van der Waals surface area contributed by atoms with Crippen molar-refractivity contribution in [1.82, 2.24) is 0 Å². The van der Waals surface area contributed by atoms with Crippen molar-refractivity contribution in [1.29, 1.82) is 0 Å². The highest BCUT2D eigenvalue weighted by atomic mass is 16.5. The van der Waals surface area contributed by atoms with Crippen molar-refractivity contribution in [2.75, 3.05) is 13.2 Å². The average molecular weight is 196 g/mol. The first kappa shape index (κ1) is 9.71. The number of fused-ring (bicyclic) bond motifs is 2. The number of ether oxygens (including phenoxy) is 1. The second-order valence-electron chi connectivity index (χ2n) is 4.13. The second-order valence-corrected chi connectivity index (χ2v) is 4.13. The Balaban J connectivity index is 1.79. The minimum absolute atomic E-state index is 0.0738. The molecule has 0 amide bonds. The number of aliphatic hydroxyl groups is 1. The van der Waals surface area contributed by atoms with E-state index in [1.54, 1.807) is 0 Å². The van der Waals surface area contributed by atoms with Crippen LogP contribution in [0.5, 0.6) is 0 Å². The first-order valence-electron chi connectivity index (χ1n) is 5.27. The number of hydrogen-bond donors (Lipinski definition) is 1. The number of carbonyl (C=O) groups is 1. The third-order valence-corrected chi connectivity index (χ3v) is 3.13. The van der Waals surface area contributed by atoms with Crippen LogP contribution in [0.4, 0.5) is 0 Å². The van der Waals surface area contributed by atoms with Gasteiger partial charge in [0, 0.05) is 13.0 Å². The van der Waals surface area contributed by atoms with Gasteiger partial charge in [0.05, 0.1) is 12.5 Å². The summed E-state index contributed by atoms with van der Waals surface area (Å²) in [5.41, 5.74) is 0. The monoisotopic (exact) mass is 196 g/mol. The van der Waals surface area contributed by atoms with Gasteiger partial charge in [-0.25, -0.2) is 0 Å². The fraction of sp³-hybridized carbons (Fsp3) is 0.727. The van der Waals surface area contributed by atoms with Gasteiger partial charge in [-0.05, 0) is 24.7 Å². The van der Waals surface area contributed by atoms with Gasteiger partial charge in [0.25, 0.3) is 0 Å². The largest absolute Gasteiger partial charge is 0.465 e. The van der Waals surface area contributed by atoms with Gasteiger partial charge < -0.3 is 9.84 Å².